The topological polar surface area (TPSA) is 95.9 Å². The zero-order chi connectivity index (χ0) is 16.5. The van der Waals surface area contributed by atoms with Gasteiger partial charge in [0.25, 0.3) is 5.91 Å². The number of ether oxygens (including phenoxy) is 1. The van der Waals surface area contributed by atoms with E-state index < -0.39 is 29.6 Å². The van der Waals surface area contributed by atoms with Gasteiger partial charge < -0.3 is 20.3 Å². The van der Waals surface area contributed by atoms with Crippen LogP contribution in [-0.4, -0.2) is 40.8 Å². The average molecular weight is 348 g/mol. The second-order valence-electron chi connectivity index (χ2n) is 5.23. The highest BCUT2D eigenvalue weighted by Gasteiger charge is 2.52. The van der Waals surface area contributed by atoms with Gasteiger partial charge in [0.2, 0.25) is 0 Å². The summed E-state index contributed by atoms with van der Waals surface area (Å²) in [7, 11) is 1.19. The Labute approximate surface area is 137 Å². The summed E-state index contributed by atoms with van der Waals surface area (Å²) < 4.78 is 4.64. The molecule has 0 bridgehead atoms. The van der Waals surface area contributed by atoms with E-state index in [0.717, 1.165) is 0 Å². The highest BCUT2D eigenvalue weighted by Crippen LogP contribution is 2.34. The summed E-state index contributed by atoms with van der Waals surface area (Å²) in [4.78, 5) is 24.0. The smallest absolute Gasteiger partial charge is 0.331 e. The second kappa shape index (κ2) is 6.42. The van der Waals surface area contributed by atoms with Gasteiger partial charge in [0.1, 0.15) is 5.54 Å². The molecule has 6 nitrogen and oxygen atoms in total. The maximum Gasteiger partial charge on any atom is 0.331 e. The van der Waals surface area contributed by atoms with Crippen molar-refractivity contribution < 1.29 is 24.5 Å². The van der Waals surface area contributed by atoms with Gasteiger partial charge in [-0.2, -0.15) is 0 Å². The molecular weight excluding hydrogens is 333 g/mol. The lowest BCUT2D eigenvalue weighted by Gasteiger charge is -2.43. The fourth-order valence-electron chi connectivity index (χ4n) is 2.45. The van der Waals surface area contributed by atoms with Gasteiger partial charge in [-0.3, -0.25) is 4.79 Å². The van der Waals surface area contributed by atoms with Crippen LogP contribution < -0.4 is 5.32 Å². The van der Waals surface area contributed by atoms with Crippen molar-refractivity contribution >= 4 is 35.1 Å². The summed E-state index contributed by atoms with van der Waals surface area (Å²) in [5.74, 6) is -1.46. The number of esters is 1. The maximum atomic E-state index is 12.2. The standard InChI is InChI=1S/C14H15Cl2NO5/c1-22-13(21)14(5-10(18)6-14)17-12(20)11(19)7-2-8(15)4-9(16)3-7/h2-4,10-11,18-19H,5-6H2,1H3,(H,17,20). The van der Waals surface area contributed by atoms with Crippen molar-refractivity contribution in [2.24, 2.45) is 0 Å². The molecule has 2 rings (SSSR count). The van der Waals surface area contributed by atoms with E-state index in [-0.39, 0.29) is 28.5 Å². The van der Waals surface area contributed by atoms with Gasteiger partial charge in [-0.15, -0.1) is 0 Å². The molecule has 3 N–H and O–H groups in total. The third-order valence-electron chi connectivity index (χ3n) is 3.56. The van der Waals surface area contributed by atoms with Crippen LogP contribution in [0.15, 0.2) is 18.2 Å². The number of amides is 1. The van der Waals surface area contributed by atoms with Crippen LogP contribution in [0.1, 0.15) is 24.5 Å². The number of carbonyl (C=O) groups is 2. The quantitative estimate of drug-likeness (QED) is 0.711. The van der Waals surface area contributed by atoms with E-state index in [2.05, 4.69) is 10.1 Å². The summed E-state index contributed by atoms with van der Waals surface area (Å²) in [5.41, 5.74) is -1.11. The van der Waals surface area contributed by atoms with Crippen LogP contribution in [0.2, 0.25) is 10.0 Å². The fourth-order valence-corrected chi connectivity index (χ4v) is 2.99. The van der Waals surface area contributed by atoms with Crippen LogP contribution in [0.5, 0.6) is 0 Å². The van der Waals surface area contributed by atoms with Crippen LogP contribution in [0.3, 0.4) is 0 Å². The lowest BCUT2D eigenvalue weighted by molar-refractivity contribution is -0.162. The van der Waals surface area contributed by atoms with Crippen molar-refractivity contribution in [2.45, 2.75) is 30.6 Å². The Balaban J connectivity index is 2.15. The van der Waals surface area contributed by atoms with E-state index >= 15 is 0 Å². The fraction of sp³-hybridized carbons (Fsp3) is 0.429. The molecule has 120 valence electrons. The van der Waals surface area contributed by atoms with Crippen molar-refractivity contribution in [3.63, 3.8) is 0 Å². The number of aliphatic hydroxyl groups is 2. The molecule has 0 spiro atoms. The predicted molar refractivity (Wildman–Crippen MR) is 79.6 cm³/mol. The molecule has 1 aromatic rings. The number of hydrogen-bond acceptors (Lipinski definition) is 5. The van der Waals surface area contributed by atoms with Crippen LogP contribution >= 0.6 is 23.2 Å². The Morgan fingerprint density at radius 2 is 1.86 bits per heavy atom. The zero-order valence-corrected chi connectivity index (χ0v) is 13.2. The Morgan fingerprint density at radius 3 is 2.32 bits per heavy atom. The van der Waals surface area contributed by atoms with Gasteiger partial charge in [-0.05, 0) is 23.8 Å². The number of rotatable bonds is 4. The molecule has 0 aromatic heterocycles. The van der Waals surface area contributed by atoms with Crippen molar-refractivity contribution in [1.29, 1.82) is 0 Å². The van der Waals surface area contributed by atoms with Gasteiger partial charge in [-0.1, -0.05) is 23.2 Å². The maximum absolute atomic E-state index is 12.2. The molecule has 1 amide bonds. The monoisotopic (exact) mass is 347 g/mol. The number of methoxy groups -OCH3 is 1. The number of aliphatic hydroxyl groups excluding tert-OH is 2. The van der Waals surface area contributed by atoms with E-state index in [1.807, 2.05) is 0 Å². The van der Waals surface area contributed by atoms with Gasteiger partial charge in [0, 0.05) is 22.9 Å². The molecule has 22 heavy (non-hydrogen) atoms. The summed E-state index contributed by atoms with van der Waals surface area (Å²) in [6, 6.07) is 4.27. The molecule has 1 saturated carbocycles. The van der Waals surface area contributed by atoms with Gasteiger partial charge in [0.15, 0.2) is 6.10 Å². The Morgan fingerprint density at radius 1 is 1.32 bits per heavy atom. The minimum absolute atomic E-state index is 0.0361. The van der Waals surface area contributed by atoms with Gasteiger partial charge >= 0.3 is 5.97 Å². The van der Waals surface area contributed by atoms with E-state index in [1.165, 1.54) is 25.3 Å². The van der Waals surface area contributed by atoms with Crippen molar-refractivity contribution in [2.75, 3.05) is 7.11 Å². The molecule has 1 aliphatic carbocycles. The van der Waals surface area contributed by atoms with E-state index in [4.69, 9.17) is 23.2 Å². The minimum Gasteiger partial charge on any atom is -0.467 e. The average Bonchev–Trinajstić information content (AvgIpc) is 2.42. The van der Waals surface area contributed by atoms with Gasteiger partial charge in [-0.25, -0.2) is 4.79 Å². The number of carbonyl (C=O) groups excluding carboxylic acids is 2. The van der Waals surface area contributed by atoms with Crippen molar-refractivity contribution in [3.05, 3.63) is 33.8 Å². The summed E-state index contributed by atoms with van der Waals surface area (Å²) in [6.45, 7) is 0. The Hall–Kier alpha value is -1.34. The van der Waals surface area contributed by atoms with Crippen molar-refractivity contribution in [1.82, 2.24) is 5.32 Å². The molecule has 0 heterocycles. The normalized spacial score (nSPS) is 25.0. The first kappa shape index (κ1) is 17.0. The Kier molecular flexibility index (Phi) is 4.97. The van der Waals surface area contributed by atoms with Crippen LogP contribution in [-0.2, 0) is 14.3 Å². The van der Waals surface area contributed by atoms with Crippen molar-refractivity contribution in [3.8, 4) is 0 Å². The summed E-state index contributed by atoms with van der Waals surface area (Å²) in [5, 5.41) is 22.5. The lowest BCUT2D eigenvalue weighted by atomic mass is 9.74. The molecule has 1 aliphatic rings. The number of benzene rings is 1. The molecule has 1 atom stereocenters. The lowest BCUT2D eigenvalue weighted by Crippen LogP contribution is -2.65. The third-order valence-corrected chi connectivity index (χ3v) is 3.99. The summed E-state index contributed by atoms with van der Waals surface area (Å²) in [6.07, 6.45) is -2.17. The predicted octanol–water partition coefficient (Wildman–Crippen LogP) is 1.21. The summed E-state index contributed by atoms with van der Waals surface area (Å²) >= 11 is 11.7. The van der Waals surface area contributed by atoms with Gasteiger partial charge in [0.05, 0.1) is 13.2 Å². The molecule has 0 radical (unpaired) electrons. The second-order valence-corrected chi connectivity index (χ2v) is 6.10. The van der Waals surface area contributed by atoms with E-state index in [0.29, 0.717) is 0 Å². The number of halogens is 2. The highest BCUT2D eigenvalue weighted by molar-refractivity contribution is 6.34. The third kappa shape index (κ3) is 3.35. The molecule has 1 aromatic carbocycles. The molecule has 0 saturated heterocycles. The largest absolute Gasteiger partial charge is 0.467 e. The first-order chi connectivity index (χ1) is 10.3. The Bertz CT molecular complexity index is 581. The molecular formula is C14H15Cl2NO5. The van der Waals surface area contributed by atoms with E-state index in [1.54, 1.807) is 0 Å². The van der Waals surface area contributed by atoms with E-state index in [9.17, 15) is 19.8 Å². The SMILES string of the molecule is COC(=O)C1(NC(=O)C(O)c2cc(Cl)cc(Cl)c2)CC(O)C1. The number of hydrogen-bond donors (Lipinski definition) is 3. The first-order valence-electron chi connectivity index (χ1n) is 6.50. The van der Waals surface area contributed by atoms with Crippen LogP contribution in [0.25, 0.3) is 0 Å². The van der Waals surface area contributed by atoms with Crippen LogP contribution in [0.4, 0.5) is 0 Å². The number of nitrogens with one attached hydrogen (secondary N) is 1. The van der Waals surface area contributed by atoms with Crippen LogP contribution in [0, 0.1) is 0 Å². The molecule has 1 unspecified atom stereocenters. The highest BCUT2D eigenvalue weighted by atomic mass is 35.5. The molecule has 1 fully saturated rings. The molecule has 0 aliphatic heterocycles. The minimum atomic E-state index is -1.55. The first-order valence-corrected chi connectivity index (χ1v) is 7.25. The zero-order valence-electron chi connectivity index (χ0n) is 11.7. The molecule has 8 heteroatoms.